The van der Waals surface area contributed by atoms with Crippen LogP contribution >= 0.6 is 11.6 Å². The van der Waals surface area contributed by atoms with Crippen molar-refractivity contribution in [1.29, 1.82) is 0 Å². The molecule has 0 aromatic carbocycles. The first-order valence-electron chi connectivity index (χ1n) is 4.10. The predicted molar refractivity (Wildman–Crippen MR) is 54.2 cm³/mol. The Bertz CT molecular complexity index is 280. The molecule has 0 radical (unpaired) electrons. The minimum absolute atomic E-state index is 0.0555. The molecule has 72 valence electrons. The van der Waals surface area contributed by atoms with Crippen LogP contribution in [0.1, 0.15) is 6.92 Å². The van der Waals surface area contributed by atoms with Crippen molar-refractivity contribution >= 4 is 17.3 Å². The number of hydrogen-bond donors (Lipinski definition) is 1. The Morgan fingerprint density at radius 1 is 1.69 bits per heavy atom. The Kier molecular flexibility index (Phi) is 3.51. The molecule has 0 saturated heterocycles. The van der Waals surface area contributed by atoms with Gasteiger partial charge in [-0.15, -0.1) is 0 Å². The lowest BCUT2D eigenvalue weighted by atomic mass is 10.3. The molecule has 0 aliphatic carbocycles. The third kappa shape index (κ3) is 2.32. The summed E-state index contributed by atoms with van der Waals surface area (Å²) in [6.45, 7) is 2.03. The van der Waals surface area contributed by atoms with Crippen LogP contribution in [0, 0.1) is 0 Å². The summed E-state index contributed by atoms with van der Waals surface area (Å²) in [6, 6.07) is 1.88. The fraction of sp³-hybridized carbons (Fsp3) is 0.444. The van der Waals surface area contributed by atoms with E-state index in [2.05, 4.69) is 4.98 Å². The molecule has 1 atom stereocenters. The van der Waals surface area contributed by atoms with Crippen LogP contribution in [0.3, 0.4) is 0 Å². The van der Waals surface area contributed by atoms with E-state index in [0.29, 0.717) is 5.02 Å². The molecule has 0 fully saturated rings. The molecule has 0 aliphatic heterocycles. The number of hydrogen-bond acceptors (Lipinski definition) is 3. The number of pyridine rings is 1. The molecular formula is C9H13ClN2O. The van der Waals surface area contributed by atoms with Gasteiger partial charge in [-0.25, -0.2) is 0 Å². The van der Waals surface area contributed by atoms with Crippen LogP contribution in [0.25, 0.3) is 0 Å². The fourth-order valence-electron chi connectivity index (χ4n) is 1.01. The molecule has 0 saturated carbocycles. The maximum atomic E-state index is 8.96. The van der Waals surface area contributed by atoms with Crippen molar-refractivity contribution in [2.24, 2.45) is 0 Å². The molecule has 1 unspecified atom stereocenters. The van der Waals surface area contributed by atoms with Crippen LogP contribution in [0.15, 0.2) is 18.5 Å². The summed E-state index contributed by atoms with van der Waals surface area (Å²) in [4.78, 5) is 5.81. The molecule has 3 nitrogen and oxygen atoms in total. The van der Waals surface area contributed by atoms with Crippen molar-refractivity contribution in [3.8, 4) is 0 Å². The van der Waals surface area contributed by atoms with Gasteiger partial charge in [0, 0.05) is 25.5 Å². The number of aliphatic hydroxyl groups excluding tert-OH is 1. The summed E-state index contributed by atoms with van der Waals surface area (Å²) in [6.07, 6.45) is 3.28. The first-order valence-corrected chi connectivity index (χ1v) is 4.47. The fourth-order valence-corrected chi connectivity index (χ4v) is 1.27. The van der Waals surface area contributed by atoms with Crippen molar-refractivity contribution in [2.45, 2.75) is 13.0 Å². The third-order valence-corrected chi connectivity index (χ3v) is 2.35. The van der Waals surface area contributed by atoms with E-state index in [0.717, 1.165) is 5.69 Å². The number of halogens is 1. The Hall–Kier alpha value is -0.800. The second kappa shape index (κ2) is 4.44. The van der Waals surface area contributed by atoms with Crippen LogP contribution in [0.4, 0.5) is 5.69 Å². The Balaban J connectivity index is 2.88. The molecule has 13 heavy (non-hydrogen) atoms. The van der Waals surface area contributed by atoms with E-state index in [1.54, 1.807) is 12.4 Å². The SMILES string of the molecule is CC(CO)N(C)c1ccncc1Cl. The number of aromatic nitrogens is 1. The zero-order valence-corrected chi connectivity index (χ0v) is 8.49. The minimum Gasteiger partial charge on any atom is -0.394 e. The quantitative estimate of drug-likeness (QED) is 0.805. The predicted octanol–water partition coefficient (Wildman–Crippen LogP) is 1.55. The molecule has 0 amide bonds. The van der Waals surface area contributed by atoms with Gasteiger partial charge in [-0.1, -0.05) is 11.6 Å². The summed E-state index contributed by atoms with van der Waals surface area (Å²) in [5, 5.41) is 9.56. The Labute approximate surface area is 83.0 Å². The van der Waals surface area contributed by atoms with Gasteiger partial charge in [0.15, 0.2) is 0 Å². The van der Waals surface area contributed by atoms with Crippen LogP contribution in [-0.2, 0) is 0 Å². The van der Waals surface area contributed by atoms with Gasteiger partial charge in [0.1, 0.15) is 0 Å². The van der Waals surface area contributed by atoms with Crippen molar-refractivity contribution in [1.82, 2.24) is 4.98 Å². The summed E-state index contributed by atoms with van der Waals surface area (Å²) in [5.41, 5.74) is 0.887. The summed E-state index contributed by atoms with van der Waals surface area (Å²) in [5.74, 6) is 0. The van der Waals surface area contributed by atoms with Crippen molar-refractivity contribution in [3.63, 3.8) is 0 Å². The van der Waals surface area contributed by atoms with Crippen molar-refractivity contribution in [3.05, 3.63) is 23.5 Å². The number of rotatable bonds is 3. The molecule has 1 aromatic rings. The van der Waals surface area contributed by atoms with E-state index in [1.165, 1.54) is 0 Å². The Morgan fingerprint density at radius 2 is 2.38 bits per heavy atom. The molecule has 0 bridgehead atoms. The lowest BCUT2D eigenvalue weighted by molar-refractivity contribution is 0.270. The normalized spacial score (nSPS) is 12.6. The summed E-state index contributed by atoms with van der Waals surface area (Å²) in [7, 11) is 1.89. The average molecular weight is 201 g/mol. The van der Waals surface area contributed by atoms with Crippen LogP contribution in [0.5, 0.6) is 0 Å². The largest absolute Gasteiger partial charge is 0.394 e. The minimum atomic E-state index is 0.0555. The van der Waals surface area contributed by atoms with E-state index in [1.807, 2.05) is 24.9 Å². The molecule has 1 heterocycles. The van der Waals surface area contributed by atoms with Gasteiger partial charge >= 0.3 is 0 Å². The smallest absolute Gasteiger partial charge is 0.0822 e. The van der Waals surface area contributed by atoms with Crippen molar-refractivity contribution in [2.75, 3.05) is 18.6 Å². The summed E-state index contributed by atoms with van der Waals surface area (Å²) < 4.78 is 0. The molecule has 0 spiro atoms. The third-order valence-electron chi connectivity index (χ3n) is 2.06. The van der Waals surface area contributed by atoms with E-state index in [9.17, 15) is 0 Å². The lowest BCUT2D eigenvalue weighted by Crippen LogP contribution is -2.31. The highest BCUT2D eigenvalue weighted by molar-refractivity contribution is 6.33. The molecular weight excluding hydrogens is 188 g/mol. The van der Waals surface area contributed by atoms with Gasteiger partial charge in [-0.3, -0.25) is 4.98 Å². The van der Waals surface area contributed by atoms with Crippen molar-refractivity contribution < 1.29 is 5.11 Å². The zero-order valence-electron chi connectivity index (χ0n) is 7.74. The van der Waals surface area contributed by atoms with E-state index >= 15 is 0 Å². The van der Waals surface area contributed by atoms with Crippen LogP contribution in [0.2, 0.25) is 5.02 Å². The second-order valence-electron chi connectivity index (χ2n) is 2.97. The van der Waals surface area contributed by atoms with Gasteiger partial charge in [-0.2, -0.15) is 0 Å². The van der Waals surface area contributed by atoms with Gasteiger partial charge in [-0.05, 0) is 13.0 Å². The van der Waals surface area contributed by atoms with Gasteiger partial charge in [0.05, 0.1) is 17.3 Å². The van der Waals surface area contributed by atoms with Crippen LogP contribution in [-0.4, -0.2) is 29.8 Å². The molecule has 4 heteroatoms. The maximum absolute atomic E-state index is 8.96. The molecule has 0 aliphatic rings. The highest BCUT2D eigenvalue weighted by Crippen LogP contribution is 2.24. The van der Waals surface area contributed by atoms with E-state index in [4.69, 9.17) is 16.7 Å². The highest BCUT2D eigenvalue weighted by Gasteiger charge is 2.11. The second-order valence-corrected chi connectivity index (χ2v) is 3.38. The molecule has 1 rings (SSSR count). The monoisotopic (exact) mass is 200 g/mol. The first-order chi connectivity index (χ1) is 6.16. The van der Waals surface area contributed by atoms with Gasteiger partial charge in [0.25, 0.3) is 0 Å². The number of aliphatic hydroxyl groups is 1. The maximum Gasteiger partial charge on any atom is 0.0822 e. The number of likely N-dealkylation sites (N-methyl/N-ethyl adjacent to an activating group) is 1. The molecule has 1 aromatic heterocycles. The van der Waals surface area contributed by atoms with E-state index < -0.39 is 0 Å². The zero-order chi connectivity index (χ0) is 9.84. The number of anilines is 1. The lowest BCUT2D eigenvalue weighted by Gasteiger charge is -2.25. The summed E-state index contributed by atoms with van der Waals surface area (Å²) >= 11 is 5.93. The number of nitrogens with zero attached hydrogens (tertiary/aromatic N) is 2. The van der Waals surface area contributed by atoms with Gasteiger partial charge in [0.2, 0.25) is 0 Å². The van der Waals surface area contributed by atoms with Crippen LogP contribution < -0.4 is 4.90 Å². The standard InChI is InChI=1S/C9H13ClN2O/c1-7(6-13)12(2)9-3-4-11-5-8(9)10/h3-5,7,13H,6H2,1-2H3. The highest BCUT2D eigenvalue weighted by atomic mass is 35.5. The Morgan fingerprint density at radius 3 is 2.92 bits per heavy atom. The average Bonchev–Trinajstić information content (AvgIpc) is 2.16. The topological polar surface area (TPSA) is 36.4 Å². The van der Waals surface area contributed by atoms with E-state index in [-0.39, 0.29) is 12.6 Å². The molecule has 1 N–H and O–H groups in total. The first kappa shape index (κ1) is 10.3. The van der Waals surface area contributed by atoms with Gasteiger partial charge < -0.3 is 10.0 Å².